The predicted molar refractivity (Wildman–Crippen MR) is 115 cm³/mol. The van der Waals surface area contributed by atoms with E-state index in [0.29, 0.717) is 40.8 Å². The topological polar surface area (TPSA) is 60.5 Å². The van der Waals surface area contributed by atoms with Gasteiger partial charge in [-0.15, -0.1) is 11.3 Å². The Balaban J connectivity index is 1.52. The summed E-state index contributed by atoms with van der Waals surface area (Å²) < 4.78 is 12.7. The molecule has 1 aliphatic carbocycles. The second-order valence-corrected chi connectivity index (χ2v) is 9.58. The zero-order valence-electron chi connectivity index (χ0n) is 16.6. The second-order valence-electron chi connectivity index (χ2n) is 7.76. The van der Waals surface area contributed by atoms with Gasteiger partial charge in [-0.1, -0.05) is 37.0 Å². The number of carbonyl (C=O) groups is 1. The van der Waals surface area contributed by atoms with Gasteiger partial charge >= 0.3 is 0 Å². The Kier molecular flexibility index (Phi) is 7.07. The standard InChI is InChI=1S/C20H26Cl2N2O3S/c1-10(2)20-24-16-7-15(21)18(17(22)19(16)28-20)27-9-13-5-14(6-13)26-8-11(3)23-12(4)25/h7,10-11,13-14H,5-6,8-9H2,1-4H3,(H,23,25)/t11-,13?,14?/m0/s1. The van der Waals surface area contributed by atoms with Crippen LogP contribution in [0.25, 0.3) is 10.2 Å². The van der Waals surface area contributed by atoms with Crippen molar-refractivity contribution < 1.29 is 14.3 Å². The fourth-order valence-corrected chi connectivity index (χ4v) is 4.84. The first-order valence-electron chi connectivity index (χ1n) is 9.54. The number of nitrogens with one attached hydrogen (secondary N) is 1. The van der Waals surface area contributed by atoms with Crippen LogP contribution in [0.4, 0.5) is 0 Å². The number of fused-ring (bicyclic) bond motifs is 1. The van der Waals surface area contributed by atoms with Gasteiger partial charge in [0.05, 0.1) is 39.6 Å². The number of halogens is 2. The lowest BCUT2D eigenvalue weighted by atomic mass is 9.83. The minimum absolute atomic E-state index is 0.0206. The smallest absolute Gasteiger partial charge is 0.217 e. The third-order valence-corrected chi connectivity index (χ3v) is 6.87. The van der Waals surface area contributed by atoms with Crippen molar-refractivity contribution in [3.05, 3.63) is 21.1 Å². The maximum atomic E-state index is 11.0. The predicted octanol–water partition coefficient (Wildman–Crippen LogP) is 5.43. The van der Waals surface area contributed by atoms with Crippen LogP contribution in [-0.4, -0.2) is 36.3 Å². The van der Waals surface area contributed by atoms with E-state index in [9.17, 15) is 4.79 Å². The Hall–Kier alpha value is -1.08. The Morgan fingerprint density at radius 2 is 2.07 bits per heavy atom. The molecule has 1 amide bonds. The zero-order chi connectivity index (χ0) is 20.4. The van der Waals surface area contributed by atoms with E-state index in [1.165, 1.54) is 6.92 Å². The van der Waals surface area contributed by atoms with Crippen molar-refractivity contribution in [2.24, 2.45) is 5.92 Å². The number of aromatic nitrogens is 1. The molecule has 2 aromatic rings. The normalized spacial score (nSPS) is 20.2. The van der Waals surface area contributed by atoms with Crippen LogP contribution < -0.4 is 10.1 Å². The van der Waals surface area contributed by atoms with E-state index >= 15 is 0 Å². The highest BCUT2D eigenvalue weighted by atomic mass is 35.5. The van der Waals surface area contributed by atoms with Crippen molar-refractivity contribution in [2.75, 3.05) is 13.2 Å². The molecule has 1 aromatic carbocycles. The summed E-state index contributed by atoms with van der Waals surface area (Å²) in [7, 11) is 0. The van der Waals surface area contributed by atoms with Gasteiger partial charge in [-0.05, 0) is 31.7 Å². The van der Waals surface area contributed by atoms with Crippen molar-refractivity contribution in [1.29, 1.82) is 0 Å². The molecule has 0 radical (unpaired) electrons. The Bertz CT molecular complexity index is 850. The number of hydrogen-bond acceptors (Lipinski definition) is 5. The summed E-state index contributed by atoms with van der Waals surface area (Å²) in [6.07, 6.45) is 2.08. The first-order valence-corrected chi connectivity index (χ1v) is 11.1. The second kappa shape index (κ2) is 9.16. The highest BCUT2D eigenvalue weighted by Gasteiger charge is 2.31. The van der Waals surface area contributed by atoms with Gasteiger partial charge in [-0.2, -0.15) is 0 Å². The number of ether oxygens (including phenoxy) is 2. The highest BCUT2D eigenvalue weighted by Crippen LogP contribution is 2.43. The van der Waals surface area contributed by atoms with Gasteiger partial charge in [0.2, 0.25) is 5.91 Å². The molecule has 28 heavy (non-hydrogen) atoms. The first kappa shape index (κ1) is 21.6. The van der Waals surface area contributed by atoms with Crippen LogP contribution in [0.3, 0.4) is 0 Å². The van der Waals surface area contributed by atoms with Crippen LogP contribution in [0.2, 0.25) is 10.0 Å². The van der Waals surface area contributed by atoms with Crippen LogP contribution >= 0.6 is 34.5 Å². The van der Waals surface area contributed by atoms with Crippen LogP contribution in [0.1, 0.15) is 51.5 Å². The molecular formula is C20H26Cl2N2O3S. The maximum Gasteiger partial charge on any atom is 0.217 e. The molecule has 1 aromatic heterocycles. The maximum absolute atomic E-state index is 11.0. The van der Waals surface area contributed by atoms with Crippen LogP contribution in [0.5, 0.6) is 5.75 Å². The molecule has 1 heterocycles. The monoisotopic (exact) mass is 444 g/mol. The Labute approximate surface area is 179 Å². The molecule has 0 spiro atoms. The van der Waals surface area contributed by atoms with E-state index in [-0.39, 0.29) is 18.1 Å². The summed E-state index contributed by atoms with van der Waals surface area (Å²) in [6.45, 7) is 8.74. The van der Waals surface area contributed by atoms with Gasteiger partial charge < -0.3 is 14.8 Å². The number of carbonyl (C=O) groups excluding carboxylic acids is 1. The Morgan fingerprint density at radius 3 is 2.71 bits per heavy atom. The van der Waals surface area contributed by atoms with E-state index in [1.54, 1.807) is 11.3 Å². The third-order valence-electron chi connectivity index (χ3n) is 4.73. The van der Waals surface area contributed by atoms with Gasteiger partial charge in [-0.3, -0.25) is 4.79 Å². The number of nitrogens with zero attached hydrogens (tertiary/aromatic N) is 1. The fourth-order valence-electron chi connectivity index (χ4n) is 3.19. The highest BCUT2D eigenvalue weighted by molar-refractivity contribution is 7.19. The van der Waals surface area contributed by atoms with Crippen molar-refractivity contribution in [3.63, 3.8) is 0 Å². The minimum atomic E-state index is -0.0387. The lowest BCUT2D eigenvalue weighted by Crippen LogP contribution is -2.40. The van der Waals surface area contributed by atoms with Gasteiger partial charge in [0.25, 0.3) is 0 Å². The number of rotatable bonds is 8. The van der Waals surface area contributed by atoms with E-state index in [0.717, 1.165) is 28.1 Å². The molecule has 0 saturated heterocycles. The molecule has 1 fully saturated rings. The molecule has 0 aliphatic heterocycles. The van der Waals surface area contributed by atoms with Crippen LogP contribution in [-0.2, 0) is 9.53 Å². The zero-order valence-corrected chi connectivity index (χ0v) is 18.9. The molecule has 1 atom stereocenters. The molecule has 0 unspecified atom stereocenters. The summed E-state index contributed by atoms with van der Waals surface area (Å²) in [6, 6.07) is 1.85. The molecule has 5 nitrogen and oxygen atoms in total. The minimum Gasteiger partial charge on any atom is -0.490 e. The van der Waals surface area contributed by atoms with Gasteiger partial charge in [0.15, 0.2) is 5.75 Å². The number of benzene rings is 1. The molecule has 154 valence electrons. The van der Waals surface area contributed by atoms with E-state index in [1.807, 2.05) is 13.0 Å². The summed E-state index contributed by atoms with van der Waals surface area (Å²) in [5, 5.41) is 4.90. The summed E-state index contributed by atoms with van der Waals surface area (Å²) in [4.78, 5) is 15.6. The molecule has 1 aliphatic rings. The van der Waals surface area contributed by atoms with E-state index < -0.39 is 0 Å². The third kappa shape index (κ3) is 5.09. The average molecular weight is 445 g/mol. The number of thiazole rings is 1. The van der Waals surface area contributed by atoms with Crippen LogP contribution in [0, 0.1) is 5.92 Å². The van der Waals surface area contributed by atoms with Crippen molar-refractivity contribution >= 4 is 50.7 Å². The lowest BCUT2D eigenvalue weighted by Gasteiger charge is -2.35. The lowest BCUT2D eigenvalue weighted by molar-refractivity contribution is -0.120. The van der Waals surface area contributed by atoms with Crippen LogP contribution in [0.15, 0.2) is 6.07 Å². The summed E-state index contributed by atoms with van der Waals surface area (Å²) in [5.74, 6) is 1.26. The first-order chi connectivity index (χ1) is 13.2. The van der Waals surface area contributed by atoms with Crippen molar-refractivity contribution in [2.45, 2.75) is 58.6 Å². The number of hydrogen-bond donors (Lipinski definition) is 1. The Morgan fingerprint density at radius 1 is 1.36 bits per heavy atom. The largest absolute Gasteiger partial charge is 0.490 e. The molecule has 3 rings (SSSR count). The van der Waals surface area contributed by atoms with Gasteiger partial charge in [0, 0.05) is 18.9 Å². The van der Waals surface area contributed by atoms with Crippen molar-refractivity contribution in [3.8, 4) is 5.75 Å². The summed E-state index contributed by atoms with van der Waals surface area (Å²) >= 11 is 14.5. The summed E-state index contributed by atoms with van der Waals surface area (Å²) in [5.41, 5.74) is 0.821. The SMILES string of the molecule is CC(=O)N[C@@H](C)COC1CC(COc2c(Cl)cc3nc(C(C)C)sc3c2Cl)C1. The molecule has 1 saturated carbocycles. The average Bonchev–Trinajstić information content (AvgIpc) is 2.99. The van der Waals surface area contributed by atoms with Gasteiger partial charge in [-0.25, -0.2) is 4.98 Å². The molecule has 1 N–H and O–H groups in total. The molecular weight excluding hydrogens is 419 g/mol. The quantitative estimate of drug-likeness (QED) is 0.589. The van der Waals surface area contributed by atoms with Gasteiger partial charge in [0.1, 0.15) is 5.02 Å². The molecule has 0 bridgehead atoms. The molecule has 8 heteroatoms. The van der Waals surface area contributed by atoms with E-state index in [2.05, 4.69) is 24.1 Å². The van der Waals surface area contributed by atoms with E-state index in [4.69, 9.17) is 32.7 Å². The fraction of sp³-hybridized carbons (Fsp3) is 0.600. The number of amides is 1. The van der Waals surface area contributed by atoms with Crippen molar-refractivity contribution in [1.82, 2.24) is 10.3 Å².